The van der Waals surface area contributed by atoms with E-state index in [0.29, 0.717) is 11.1 Å². The number of piperazine rings is 2. The van der Waals surface area contributed by atoms with Gasteiger partial charge in [0.1, 0.15) is 6.04 Å². The van der Waals surface area contributed by atoms with Crippen molar-refractivity contribution in [1.29, 1.82) is 0 Å². The number of halogens is 2. The summed E-state index contributed by atoms with van der Waals surface area (Å²) in [5, 5.41) is 26.2. The molecule has 4 atom stereocenters. The van der Waals surface area contributed by atoms with Crippen LogP contribution in [-0.2, 0) is 22.4 Å². The maximum absolute atomic E-state index is 11.8. The number of carbonyl (C=O) groups excluding carboxylic acids is 1. The average molecular weight is 606 g/mol. The number of likely N-dealkylation sites (N-methyl/N-ethyl adjacent to an activating group) is 2. The molecule has 3 aliphatic rings. The number of hydrogen-bond acceptors (Lipinski definition) is 7. The Kier molecular flexibility index (Phi) is 16.3. The second kappa shape index (κ2) is 18.8. The third-order valence-electron chi connectivity index (χ3n) is 7.47. The first-order chi connectivity index (χ1) is 19.3. The van der Waals surface area contributed by atoms with E-state index in [4.69, 9.17) is 33.0 Å². The number of aliphatic hydroxyl groups is 2. The Balaban J connectivity index is 0.000000240. The number of amides is 1. The standard InChI is InChI=1S/C13H17ClN2O2.C13H19ClN2O.C4H8O.B/c1-16-7-11(15-13(18)12(16)8-17)6-9-2-4-10(14)5-3-9;1-16-8-12(15-7-13(16)9-17)6-10-2-4-11(14)5-3-10;1-2-4-5-3-1;/h2-5,11-12,17H,6-8H2,1H3,(H,15,18);2-5,12-13,15,17H,6-9H2,1H3;1-4H2;/t11-,12-;12-,13+;;/m00../s1. The lowest BCUT2D eigenvalue weighted by Crippen LogP contribution is -2.60. The molecule has 1 amide bonds. The minimum absolute atomic E-state index is 0. The molecule has 3 saturated heterocycles. The monoisotopic (exact) mass is 605 g/mol. The Labute approximate surface area is 256 Å². The number of nitrogens with zero attached hydrogens (tertiary/aromatic N) is 2. The van der Waals surface area contributed by atoms with Gasteiger partial charge in [-0.3, -0.25) is 14.6 Å². The molecule has 0 spiro atoms. The van der Waals surface area contributed by atoms with E-state index in [-0.39, 0.29) is 39.6 Å². The Morgan fingerprint density at radius 1 is 0.829 bits per heavy atom. The molecule has 4 N–H and O–H groups in total. The van der Waals surface area contributed by atoms with E-state index in [2.05, 4.69) is 34.7 Å². The van der Waals surface area contributed by atoms with Gasteiger partial charge in [-0.2, -0.15) is 0 Å². The van der Waals surface area contributed by atoms with E-state index in [1.54, 1.807) is 0 Å². The summed E-state index contributed by atoms with van der Waals surface area (Å²) in [6, 6.07) is 16.0. The number of carbonyl (C=O) groups is 1. The zero-order valence-corrected chi connectivity index (χ0v) is 25.7. The van der Waals surface area contributed by atoms with Gasteiger partial charge in [0.05, 0.1) is 13.2 Å². The van der Waals surface area contributed by atoms with E-state index in [1.807, 2.05) is 48.3 Å². The topological polar surface area (TPSA) is 97.3 Å². The summed E-state index contributed by atoms with van der Waals surface area (Å²) in [5.41, 5.74) is 2.43. The van der Waals surface area contributed by atoms with Crippen LogP contribution in [-0.4, -0.2) is 119 Å². The minimum Gasteiger partial charge on any atom is -0.395 e. The fraction of sp³-hybridized carbons (Fsp3) is 0.567. The summed E-state index contributed by atoms with van der Waals surface area (Å²) in [7, 11) is 3.92. The Morgan fingerprint density at radius 3 is 1.76 bits per heavy atom. The number of aliphatic hydroxyl groups excluding tert-OH is 2. The summed E-state index contributed by atoms with van der Waals surface area (Å²) in [6.07, 6.45) is 4.32. The van der Waals surface area contributed by atoms with Crippen molar-refractivity contribution in [2.75, 3.05) is 60.2 Å². The van der Waals surface area contributed by atoms with Crippen LogP contribution < -0.4 is 10.6 Å². The first kappa shape index (κ1) is 35.5. The summed E-state index contributed by atoms with van der Waals surface area (Å²) >= 11 is 11.7. The maximum atomic E-state index is 11.8. The molecular formula is C30H44BCl2N4O4. The molecule has 8 nitrogen and oxygen atoms in total. The van der Waals surface area contributed by atoms with Crippen molar-refractivity contribution in [2.45, 2.75) is 49.9 Å². The Hall–Kier alpha value is -1.69. The van der Waals surface area contributed by atoms with Crippen molar-refractivity contribution < 1.29 is 19.7 Å². The van der Waals surface area contributed by atoms with Gasteiger partial charge in [-0.05, 0) is 75.2 Å². The number of nitrogens with one attached hydrogen (secondary N) is 2. The van der Waals surface area contributed by atoms with Crippen molar-refractivity contribution in [3.05, 3.63) is 69.7 Å². The molecule has 2 aromatic carbocycles. The van der Waals surface area contributed by atoms with Crippen LogP contribution in [0.2, 0.25) is 10.0 Å². The zero-order chi connectivity index (χ0) is 28.9. The van der Waals surface area contributed by atoms with Crippen LogP contribution >= 0.6 is 23.2 Å². The summed E-state index contributed by atoms with van der Waals surface area (Å²) in [4.78, 5) is 15.9. The van der Waals surface area contributed by atoms with Gasteiger partial charge in [0.2, 0.25) is 5.91 Å². The number of ether oxygens (including phenoxy) is 1. The maximum Gasteiger partial charge on any atom is 0.240 e. The molecule has 0 aliphatic carbocycles. The van der Waals surface area contributed by atoms with Crippen LogP contribution in [0, 0.1) is 0 Å². The minimum atomic E-state index is -0.425. The molecule has 3 aliphatic heterocycles. The van der Waals surface area contributed by atoms with Crippen molar-refractivity contribution in [1.82, 2.24) is 20.4 Å². The molecule has 0 unspecified atom stereocenters. The van der Waals surface area contributed by atoms with E-state index in [0.717, 1.165) is 56.3 Å². The van der Waals surface area contributed by atoms with Gasteiger partial charge in [0.25, 0.3) is 0 Å². The van der Waals surface area contributed by atoms with E-state index in [9.17, 15) is 9.90 Å². The second-order valence-electron chi connectivity index (χ2n) is 10.7. The molecule has 3 fully saturated rings. The average Bonchev–Trinajstić information content (AvgIpc) is 3.52. The highest BCUT2D eigenvalue weighted by molar-refractivity contribution is 6.30. The van der Waals surface area contributed by atoms with Crippen LogP contribution in [0.15, 0.2) is 48.5 Å². The molecule has 11 heteroatoms. The predicted octanol–water partition coefficient (Wildman–Crippen LogP) is 2.24. The van der Waals surface area contributed by atoms with Crippen molar-refractivity contribution in [3.8, 4) is 0 Å². The number of benzene rings is 2. The highest BCUT2D eigenvalue weighted by Crippen LogP contribution is 2.15. The van der Waals surface area contributed by atoms with Crippen LogP contribution in [0.5, 0.6) is 0 Å². The first-order valence-corrected chi connectivity index (χ1v) is 14.8. The smallest absolute Gasteiger partial charge is 0.240 e. The Bertz CT molecular complexity index is 1010. The lowest BCUT2D eigenvalue weighted by Gasteiger charge is -2.37. The summed E-state index contributed by atoms with van der Waals surface area (Å²) in [6.45, 7) is 4.63. The highest BCUT2D eigenvalue weighted by atomic mass is 35.5. The van der Waals surface area contributed by atoms with Crippen LogP contribution in [0.4, 0.5) is 0 Å². The van der Waals surface area contributed by atoms with Gasteiger partial charge in [-0.1, -0.05) is 47.5 Å². The molecule has 3 heterocycles. The quantitative estimate of drug-likeness (QED) is 0.375. The SMILES string of the molecule is C1CCOC1.CN1C[C@H](Cc2ccc(Cl)cc2)NC(=O)[C@@H]1CO.CN1C[C@H](Cc2ccc(Cl)cc2)NC[C@@H]1CO.[B]. The second-order valence-corrected chi connectivity index (χ2v) is 11.6. The number of hydrogen-bond donors (Lipinski definition) is 4. The van der Waals surface area contributed by atoms with Crippen molar-refractivity contribution >= 4 is 37.5 Å². The van der Waals surface area contributed by atoms with Crippen LogP contribution in [0.25, 0.3) is 0 Å². The lowest BCUT2D eigenvalue weighted by molar-refractivity contribution is -0.131. The normalized spacial score (nSPS) is 24.7. The zero-order valence-electron chi connectivity index (χ0n) is 24.1. The summed E-state index contributed by atoms with van der Waals surface area (Å²) in [5.74, 6) is -0.106. The van der Waals surface area contributed by atoms with Crippen molar-refractivity contribution in [3.63, 3.8) is 0 Å². The largest absolute Gasteiger partial charge is 0.395 e. The molecule has 2 aromatic rings. The molecule has 225 valence electrons. The summed E-state index contributed by atoms with van der Waals surface area (Å²) < 4.78 is 4.94. The number of rotatable bonds is 6. The van der Waals surface area contributed by atoms with Crippen molar-refractivity contribution in [2.24, 2.45) is 0 Å². The molecule has 3 radical (unpaired) electrons. The molecular weight excluding hydrogens is 562 g/mol. The van der Waals surface area contributed by atoms with E-state index < -0.39 is 6.04 Å². The predicted molar refractivity (Wildman–Crippen MR) is 167 cm³/mol. The van der Waals surface area contributed by atoms with Gasteiger partial charge >= 0.3 is 0 Å². The molecule has 41 heavy (non-hydrogen) atoms. The first-order valence-electron chi connectivity index (χ1n) is 14.0. The van der Waals surface area contributed by atoms with E-state index >= 15 is 0 Å². The van der Waals surface area contributed by atoms with Gasteiger partial charge in [-0.25, -0.2) is 0 Å². The van der Waals surface area contributed by atoms with E-state index in [1.165, 1.54) is 18.4 Å². The third kappa shape index (κ3) is 12.2. The van der Waals surface area contributed by atoms with Crippen LogP contribution in [0.3, 0.4) is 0 Å². The third-order valence-corrected chi connectivity index (χ3v) is 7.97. The highest BCUT2D eigenvalue weighted by Gasteiger charge is 2.31. The lowest BCUT2D eigenvalue weighted by atomic mass is 10.0. The van der Waals surface area contributed by atoms with Gasteiger partial charge in [-0.15, -0.1) is 0 Å². The fourth-order valence-corrected chi connectivity index (χ4v) is 5.29. The molecule has 0 saturated carbocycles. The van der Waals surface area contributed by atoms with Gasteiger partial charge in [0, 0.05) is 69.4 Å². The molecule has 0 aromatic heterocycles. The van der Waals surface area contributed by atoms with Crippen LogP contribution in [0.1, 0.15) is 24.0 Å². The molecule has 5 rings (SSSR count). The Morgan fingerprint density at radius 2 is 1.34 bits per heavy atom. The molecule has 0 bridgehead atoms. The van der Waals surface area contributed by atoms with Gasteiger partial charge < -0.3 is 25.6 Å². The fourth-order valence-electron chi connectivity index (χ4n) is 5.04. The van der Waals surface area contributed by atoms with Gasteiger partial charge in [0.15, 0.2) is 0 Å².